The molecule has 1 nitrogen and oxygen atoms in total. The predicted octanol–water partition coefficient (Wildman–Crippen LogP) is 2.00. The molecule has 0 aromatic rings. The van der Waals surface area contributed by atoms with Crippen molar-refractivity contribution in [3.8, 4) is 0 Å². The minimum Gasteiger partial charge on any atom is -0.396 e. The molecular weight excluding hydrogens is 194 g/mol. The van der Waals surface area contributed by atoms with Gasteiger partial charge in [0.1, 0.15) is 0 Å². The summed E-state index contributed by atoms with van der Waals surface area (Å²) in [5.41, 5.74) is 0. The third kappa shape index (κ3) is 1.84. The van der Waals surface area contributed by atoms with Crippen molar-refractivity contribution >= 4 is 11.8 Å². The number of alkyl halides is 2. The largest absolute Gasteiger partial charge is 0.396 e. The number of hydrogen-bond acceptors (Lipinski definition) is 2. The molecule has 13 heavy (non-hydrogen) atoms. The average Bonchev–Trinajstić information content (AvgIpc) is 2.01. The number of rotatable bonds is 1. The van der Waals surface area contributed by atoms with Gasteiger partial charge < -0.3 is 5.11 Å². The number of fused-ring (bicyclic) bond motifs is 2. The maximum Gasteiger partial charge on any atom is 0.248 e. The van der Waals surface area contributed by atoms with Crippen LogP contribution in [0.15, 0.2) is 0 Å². The van der Waals surface area contributed by atoms with E-state index in [1.54, 1.807) is 11.8 Å². The highest BCUT2D eigenvalue weighted by atomic mass is 32.2. The SMILES string of the molecule is OCC1C2CSCC1CC(F)(F)C2. The van der Waals surface area contributed by atoms with Crippen molar-refractivity contribution in [2.75, 3.05) is 18.1 Å². The molecule has 0 spiro atoms. The van der Waals surface area contributed by atoms with Gasteiger partial charge in [-0.05, 0) is 29.3 Å². The zero-order valence-corrected chi connectivity index (χ0v) is 8.20. The standard InChI is InChI=1S/C9H14F2OS/c10-9(11)1-6-4-13-5-7(2-9)8(6)3-12/h6-8,12H,1-5H2. The minimum atomic E-state index is -2.47. The van der Waals surface area contributed by atoms with Crippen LogP contribution in [-0.4, -0.2) is 29.1 Å². The van der Waals surface area contributed by atoms with Gasteiger partial charge in [-0.15, -0.1) is 0 Å². The summed E-state index contributed by atoms with van der Waals surface area (Å²) in [5, 5.41) is 9.11. The van der Waals surface area contributed by atoms with E-state index in [1.807, 2.05) is 0 Å². The normalized spacial score (nSPS) is 43.2. The van der Waals surface area contributed by atoms with Crippen LogP contribution in [0.2, 0.25) is 0 Å². The van der Waals surface area contributed by atoms with Crippen LogP contribution in [0.25, 0.3) is 0 Å². The molecule has 4 heteroatoms. The maximum atomic E-state index is 13.1. The summed E-state index contributed by atoms with van der Waals surface area (Å²) in [6.07, 6.45) is -0.0244. The number of halogens is 2. The van der Waals surface area contributed by atoms with E-state index in [9.17, 15) is 8.78 Å². The Balaban J connectivity index is 2.12. The van der Waals surface area contributed by atoms with Gasteiger partial charge in [-0.3, -0.25) is 0 Å². The molecule has 2 unspecified atom stereocenters. The summed E-state index contributed by atoms with van der Waals surface area (Å²) in [6, 6.07) is 0. The summed E-state index contributed by atoms with van der Waals surface area (Å²) in [7, 11) is 0. The van der Waals surface area contributed by atoms with Gasteiger partial charge in [0, 0.05) is 19.4 Å². The molecular formula is C9H14F2OS. The molecule has 0 aromatic carbocycles. The fraction of sp³-hybridized carbons (Fsp3) is 1.00. The first-order valence-electron chi connectivity index (χ1n) is 4.69. The summed E-state index contributed by atoms with van der Waals surface area (Å²) in [6.45, 7) is 0.0893. The Hall–Kier alpha value is 0.170. The third-order valence-electron chi connectivity index (χ3n) is 3.21. The van der Waals surface area contributed by atoms with Gasteiger partial charge in [-0.25, -0.2) is 8.78 Å². The smallest absolute Gasteiger partial charge is 0.248 e. The van der Waals surface area contributed by atoms with Crippen molar-refractivity contribution in [3.63, 3.8) is 0 Å². The van der Waals surface area contributed by atoms with E-state index in [4.69, 9.17) is 5.11 Å². The van der Waals surface area contributed by atoms with Crippen LogP contribution in [0.4, 0.5) is 8.78 Å². The number of thioether (sulfide) groups is 1. The molecule has 1 aliphatic carbocycles. The molecule has 2 rings (SSSR count). The van der Waals surface area contributed by atoms with Gasteiger partial charge in [-0.2, -0.15) is 11.8 Å². The first-order chi connectivity index (χ1) is 6.12. The first kappa shape index (κ1) is 9.71. The summed E-state index contributed by atoms with van der Waals surface area (Å²) in [4.78, 5) is 0. The molecule has 1 saturated carbocycles. The molecule has 2 aliphatic rings. The van der Waals surface area contributed by atoms with Gasteiger partial charge in [-0.1, -0.05) is 0 Å². The van der Waals surface area contributed by atoms with Crippen LogP contribution >= 0.6 is 11.8 Å². The lowest BCUT2D eigenvalue weighted by Crippen LogP contribution is -2.45. The number of aliphatic hydroxyl groups excluding tert-OH is 1. The number of hydrogen-bond donors (Lipinski definition) is 1. The lowest BCUT2D eigenvalue weighted by molar-refractivity contribution is -0.0953. The van der Waals surface area contributed by atoms with E-state index in [2.05, 4.69) is 0 Å². The molecule has 2 fully saturated rings. The van der Waals surface area contributed by atoms with Crippen molar-refractivity contribution in [1.82, 2.24) is 0 Å². The highest BCUT2D eigenvalue weighted by Crippen LogP contribution is 2.48. The van der Waals surface area contributed by atoms with Crippen LogP contribution in [0, 0.1) is 17.8 Å². The average molecular weight is 208 g/mol. The van der Waals surface area contributed by atoms with Crippen molar-refractivity contribution in [1.29, 1.82) is 0 Å². The Bertz CT molecular complexity index is 182. The molecule has 0 aromatic heterocycles. The quantitative estimate of drug-likeness (QED) is 0.711. The fourth-order valence-corrected chi connectivity index (χ4v) is 4.04. The van der Waals surface area contributed by atoms with Crippen molar-refractivity contribution < 1.29 is 13.9 Å². The topological polar surface area (TPSA) is 20.2 Å². The molecule has 1 N–H and O–H groups in total. The van der Waals surface area contributed by atoms with Gasteiger partial charge in [0.2, 0.25) is 5.92 Å². The second kappa shape index (κ2) is 3.39. The van der Waals surface area contributed by atoms with Crippen molar-refractivity contribution in [3.05, 3.63) is 0 Å². The van der Waals surface area contributed by atoms with E-state index in [1.165, 1.54) is 0 Å². The second-order valence-electron chi connectivity index (χ2n) is 4.17. The van der Waals surface area contributed by atoms with E-state index in [-0.39, 0.29) is 37.2 Å². The lowest BCUT2D eigenvalue weighted by atomic mass is 9.72. The highest BCUT2D eigenvalue weighted by Gasteiger charge is 2.48. The van der Waals surface area contributed by atoms with Crippen LogP contribution in [0.3, 0.4) is 0 Å². The Labute approximate surface area is 80.9 Å². The molecule has 76 valence electrons. The molecule has 2 atom stereocenters. The van der Waals surface area contributed by atoms with Crippen LogP contribution in [-0.2, 0) is 0 Å². The van der Waals surface area contributed by atoms with Gasteiger partial charge in [0.15, 0.2) is 0 Å². The van der Waals surface area contributed by atoms with Crippen molar-refractivity contribution in [2.24, 2.45) is 17.8 Å². The minimum absolute atomic E-state index is 0.0122. The molecule has 1 heterocycles. The fourth-order valence-electron chi connectivity index (χ4n) is 2.57. The lowest BCUT2D eigenvalue weighted by Gasteiger charge is -2.44. The number of aliphatic hydroxyl groups is 1. The summed E-state index contributed by atoms with van der Waals surface area (Å²) in [5.74, 6) is -0.646. The molecule has 0 radical (unpaired) electrons. The van der Waals surface area contributed by atoms with E-state index < -0.39 is 5.92 Å². The van der Waals surface area contributed by atoms with Crippen molar-refractivity contribution in [2.45, 2.75) is 18.8 Å². The van der Waals surface area contributed by atoms with Gasteiger partial charge in [0.05, 0.1) is 0 Å². The van der Waals surface area contributed by atoms with E-state index >= 15 is 0 Å². The Kier molecular flexibility index (Phi) is 2.53. The monoisotopic (exact) mass is 208 g/mol. The first-order valence-corrected chi connectivity index (χ1v) is 5.84. The summed E-state index contributed by atoms with van der Waals surface area (Å²) < 4.78 is 26.3. The highest BCUT2D eigenvalue weighted by molar-refractivity contribution is 7.99. The zero-order valence-electron chi connectivity index (χ0n) is 7.38. The Morgan fingerprint density at radius 2 is 1.77 bits per heavy atom. The second-order valence-corrected chi connectivity index (χ2v) is 5.24. The van der Waals surface area contributed by atoms with Crippen LogP contribution < -0.4 is 0 Å². The molecule has 1 saturated heterocycles. The molecule has 2 bridgehead atoms. The van der Waals surface area contributed by atoms with Crippen LogP contribution in [0.5, 0.6) is 0 Å². The Morgan fingerprint density at radius 3 is 2.23 bits per heavy atom. The van der Waals surface area contributed by atoms with E-state index in [0.29, 0.717) is 0 Å². The molecule has 1 aliphatic heterocycles. The van der Waals surface area contributed by atoms with Gasteiger partial charge in [0.25, 0.3) is 0 Å². The molecule has 0 amide bonds. The Morgan fingerprint density at radius 1 is 1.23 bits per heavy atom. The third-order valence-corrected chi connectivity index (χ3v) is 4.54. The predicted molar refractivity (Wildman–Crippen MR) is 49.1 cm³/mol. The van der Waals surface area contributed by atoms with E-state index in [0.717, 1.165) is 11.5 Å². The maximum absolute atomic E-state index is 13.1. The zero-order chi connectivity index (χ0) is 9.47. The van der Waals surface area contributed by atoms with Gasteiger partial charge >= 0.3 is 0 Å². The van der Waals surface area contributed by atoms with Crippen LogP contribution in [0.1, 0.15) is 12.8 Å². The summed E-state index contributed by atoms with van der Waals surface area (Å²) >= 11 is 1.76.